The molecular weight excluding hydrogens is 472 g/mol. The zero-order valence-corrected chi connectivity index (χ0v) is 21.8. The van der Waals surface area contributed by atoms with Gasteiger partial charge in [-0.05, 0) is 31.7 Å². The Kier molecular flexibility index (Phi) is 7.90. The summed E-state index contributed by atoms with van der Waals surface area (Å²) in [5.74, 6) is -2.87. The summed E-state index contributed by atoms with van der Waals surface area (Å²) in [4.78, 5) is 45.1. The molecule has 0 aliphatic carbocycles. The highest BCUT2D eigenvalue weighted by Gasteiger charge is 2.79. The number of hydrogen-bond donors (Lipinski definition) is 1. The van der Waals surface area contributed by atoms with Gasteiger partial charge in [0.05, 0.1) is 24.2 Å². The third-order valence-corrected chi connectivity index (χ3v) is 8.18. The Hall–Kier alpha value is -2.97. The lowest BCUT2D eigenvalue weighted by molar-refractivity contribution is -0.161. The number of likely N-dealkylation sites (tertiary alicyclic amines) is 1. The van der Waals surface area contributed by atoms with Crippen LogP contribution in [0.3, 0.4) is 0 Å². The van der Waals surface area contributed by atoms with E-state index in [9.17, 15) is 19.5 Å². The lowest BCUT2D eigenvalue weighted by Gasteiger charge is -2.39. The van der Waals surface area contributed by atoms with Gasteiger partial charge in [-0.1, -0.05) is 62.4 Å². The van der Waals surface area contributed by atoms with Gasteiger partial charge in [-0.3, -0.25) is 14.4 Å². The van der Waals surface area contributed by atoms with Crippen molar-refractivity contribution in [3.8, 4) is 0 Å². The fraction of sp³-hybridized carbons (Fsp3) is 0.552. The van der Waals surface area contributed by atoms with Gasteiger partial charge < -0.3 is 24.4 Å². The standard InChI is InChI=1S/C29H38N2O6/c1-5-8-17-30(16-6-2)26(34)24-29-15-14-28(4,37-29)23(27(35)36-18-7-3)22(29)25(33)31(24)21(19-32)20-12-10-9-11-13-20/h6-7,9-13,21-24,32H,2-3,5,8,14-19H2,1,4H3/t21-,22+,23+,24?,28-,29?/m1/s1. The first-order valence-corrected chi connectivity index (χ1v) is 13.1. The lowest BCUT2D eigenvalue weighted by atomic mass is 9.66. The van der Waals surface area contributed by atoms with Crippen LogP contribution in [-0.4, -0.2) is 76.2 Å². The summed E-state index contributed by atoms with van der Waals surface area (Å²) in [6.07, 6.45) is 5.84. The predicted molar refractivity (Wildman–Crippen MR) is 138 cm³/mol. The predicted octanol–water partition coefficient (Wildman–Crippen LogP) is 3.03. The minimum Gasteiger partial charge on any atom is -0.461 e. The Bertz CT molecular complexity index is 1040. The summed E-state index contributed by atoms with van der Waals surface area (Å²) in [5.41, 5.74) is -1.39. The number of nitrogens with zero attached hydrogens (tertiary/aromatic N) is 2. The first kappa shape index (κ1) is 27.1. The van der Waals surface area contributed by atoms with Gasteiger partial charge in [-0.15, -0.1) is 6.58 Å². The molecule has 0 radical (unpaired) electrons. The van der Waals surface area contributed by atoms with Gasteiger partial charge in [0.25, 0.3) is 0 Å². The van der Waals surface area contributed by atoms with Crippen molar-refractivity contribution >= 4 is 17.8 Å². The minimum atomic E-state index is -1.19. The number of unbranched alkanes of at least 4 members (excludes halogenated alkanes) is 1. The average Bonchev–Trinajstić information content (AvgIpc) is 3.47. The molecule has 1 aromatic carbocycles. The summed E-state index contributed by atoms with van der Waals surface area (Å²) in [5, 5.41) is 10.5. The molecule has 1 spiro atoms. The molecule has 2 amide bonds. The second kappa shape index (κ2) is 10.8. The van der Waals surface area contributed by atoms with E-state index in [2.05, 4.69) is 20.1 Å². The summed E-state index contributed by atoms with van der Waals surface area (Å²) in [6.45, 7) is 11.8. The number of esters is 1. The van der Waals surface area contributed by atoms with E-state index < -0.39 is 41.1 Å². The van der Waals surface area contributed by atoms with Crippen LogP contribution in [0.5, 0.6) is 0 Å². The summed E-state index contributed by atoms with van der Waals surface area (Å²) < 4.78 is 12.1. The maximum Gasteiger partial charge on any atom is 0.313 e. The summed E-state index contributed by atoms with van der Waals surface area (Å²) in [6, 6.07) is 7.42. The molecule has 200 valence electrons. The monoisotopic (exact) mass is 510 g/mol. The van der Waals surface area contributed by atoms with Crippen LogP contribution < -0.4 is 0 Å². The maximum atomic E-state index is 14.3. The van der Waals surface area contributed by atoms with Gasteiger partial charge in [0, 0.05) is 13.1 Å². The van der Waals surface area contributed by atoms with Gasteiger partial charge in [0.1, 0.15) is 24.2 Å². The topological polar surface area (TPSA) is 96.4 Å². The number of ether oxygens (including phenoxy) is 2. The molecule has 2 unspecified atom stereocenters. The van der Waals surface area contributed by atoms with Crippen molar-refractivity contribution in [3.63, 3.8) is 0 Å². The fourth-order valence-corrected chi connectivity index (χ4v) is 6.57. The molecule has 3 aliphatic heterocycles. The number of fused-ring (bicyclic) bond motifs is 1. The number of rotatable bonds is 12. The SMILES string of the molecule is C=CCOC(=O)[C@@H]1[C@H]2C(=O)N([C@H](CO)c3ccccc3)C(C(=O)N(CC=C)CCCC)C23CC[C@@]1(C)O3. The van der Waals surface area contributed by atoms with Crippen LogP contribution in [-0.2, 0) is 23.9 Å². The van der Waals surface area contributed by atoms with E-state index >= 15 is 0 Å². The van der Waals surface area contributed by atoms with Crippen LogP contribution in [0.15, 0.2) is 55.6 Å². The molecule has 1 aromatic rings. The van der Waals surface area contributed by atoms with Crippen LogP contribution in [0.1, 0.15) is 51.1 Å². The molecule has 3 saturated heterocycles. The van der Waals surface area contributed by atoms with Crippen molar-refractivity contribution in [3.05, 3.63) is 61.2 Å². The fourth-order valence-electron chi connectivity index (χ4n) is 6.57. The molecule has 2 bridgehead atoms. The zero-order valence-electron chi connectivity index (χ0n) is 21.8. The Morgan fingerprint density at radius 2 is 2.00 bits per heavy atom. The van der Waals surface area contributed by atoms with E-state index in [1.807, 2.05) is 37.3 Å². The van der Waals surface area contributed by atoms with Gasteiger partial charge in [0.2, 0.25) is 11.8 Å². The molecule has 3 fully saturated rings. The molecule has 0 saturated carbocycles. The highest BCUT2D eigenvalue weighted by Crippen LogP contribution is 2.64. The van der Waals surface area contributed by atoms with Crippen LogP contribution in [0.2, 0.25) is 0 Å². The summed E-state index contributed by atoms with van der Waals surface area (Å²) in [7, 11) is 0. The van der Waals surface area contributed by atoms with Crippen molar-refractivity contribution in [1.29, 1.82) is 0 Å². The van der Waals surface area contributed by atoms with Crippen LogP contribution in [0, 0.1) is 11.8 Å². The Labute approximate surface area is 218 Å². The molecule has 3 heterocycles. The number of amides is 2. The molecule has 8 nitrogen and oxygen atoms in total. The third-order valence-electron chi connectivity index (χ3n) is 8.18. The summed E-state index contributed by atoms with van der Waals surface area (Å²) >= 11 is 0. The van der Waals surface area contributed by atoms with Gasteiger partial charge >= 0.3 is 5.97 Å². The molecular formula is C29H38N2O6. The van der Waals surface area contributed by atoms with E-state index in [4.69, 9.17) is 9.47 Å². The molecule has 3 aliphatic rings. The van der Waals surface area contributed by atoms with Gasteiger partial charge in [0.15, 0.2) is 0 Å². The molecule has 4 rings (SSSR count). The van der Waals surface area contributed by atoms with Crippen molar-refractivity contribution in [1.82, 2.24) is 9.80 Å². The van der Waals surface area contributed by atoms with E-state index in [0.29, 0.717) is 31.5 Å². The highest BCUT2D eigenvalue weighted by atomic mass is 16.6. The Morgan fingerprint density at radius 3 is 2.62 bits per heavy atom. The molecule has 0 aromatic heterocycles. The third kappa shape index (κ3) is 4.40. The van der Waals surface area contributed by atoms with E-state index in [1.54, 1.807) is 11.0 Å². The number of carbonyl (C=O) groups is 3. The minimum absolute atomic E-state index is 0.0266. The second-order valence-corrected chi connectivity index (χ2v) is 10.4. The van der Waals surface area contributed by atoms with E-state index in [-0.39, 0.29) is 25.0 Å². The van der Waals surface area contributed by atoms with Gasteiger partial charge in [-0.25, -0.2) is 0 Å². The van der Waals surface area contributed by atoms with Gasteiger partial charge in [-0.2, -0.15) is 0 Å². The van der Waals surface area contributed by atoms with Crippen molar-refractivity contribution in [2.45, 2.75) is 62.8 Å². The number of aliphatic hydroxyl groups is 1. The molecule has 6 atom stereocenters. The largest absolute Gasteiger partial charge is 0.461 e. The first-order chi connectivity index (χ1) is 17.8. The highest BCUT2D eigenvalue weighted by molar-refractivity contribution is 5.98. The van der Waals surface area contributed by atoms with Crippen molar-refractivity contribution in [2.75, 3.05) is 26.3 Å². The smallest absolute Gasteiger partial charge is 0.313 e. The number of benzene rings is 1. The van der Waals surface area contributed by atoms with Crippen molar-refractivity contribution in [2.24, 2.45) is 11.8 Å². The van der Waals surface area contributed by atoms with Crippen LogP contribution in [0.4, 0.5) is 0 Å². The van der Waals surface area contributed by atoms with Crippen molar-refractivity contribution < 1.29 is 29.0 Å². The maximum absolute atomic E-state index is 14.3. The Morgan fingerprint density at radius 1 is 1.27 bits per heavy atom. The number of aliphatic hydroxyl groups excluding tert-OH is 1. The second-order valence-electron chi connectivity index (χ2n) is 10.4. The first-order valence-electron chi connectivity index (χ1n) is 13.1. The normalized spacial score (nSPS) is 30.6. The Balaban J connectivity index is 1.83. The number of hydrogen-bond acceptors (Lipinski definition) is 6. The molecule has 8 heteroatoms. The molecule has 1 N–H and O–H groups in total. The average molecular weight is 511 g/mol. The quantitative estimate of drug-likeness (QED) is 0.343. The van der Waals surface area contributed by atoms with E-state index in [0.717, 1.165) is 12.8 Å². The van der Waals surface area contributed by atoms with Crippen LogP contribution in [0.25, 0.3) is 0 Å². The van der Waals surface area contributed by atoms with Crippen LogP contribution >= 0.6 is 0 Å². The lowest BCUT2D eigenvalue weighted by Crippen LogP contribution is -2.57. The van der Waals surface area contributed by atoms with E-state index in [1.165, 1.54) is 11.0 Å². The zero-order chi connectivity index (χ0) is 26.8. The molecule has 37 heavy (non-hydrogen) atoms. The number of carbonyl (C=O) groups excluding carboxylic acids is 3.